The van der Waals surface area contributed by atoms with Crippen molar-refractivity contribution in [1.29, 1.82) is 0 Å². The van der Waals surface area contributed by atoms with Crippen molar-refractivity contribution in [3.8, 4) is 5.75 Å². The van der Waals surface area contributed by atoms with Gasteiger partial charge in [0, 0.05) is 11.1 Å². The number of nitrogens with one attached hydrogen (secondary N) is 1. The first-order chi connectivity index (χ1) is 12.5. The van der Waals surface area contributed by atoms with Crippen LogP contribution < -0.4 is 10.5 Å². The van der Waals surface area contributed by atoms with Crippen LogP contribution in [0.25, 0.3) is 10.8 Å². The first-order valence-electron chi connectivity index (χ1n) is 7.84. The van der Waals surface area contributed by atoms with Gasteiger partial charge in [-0.25, -0.2) is 10.2 Å². The summed E-state index contributed by atoms with van der Waals surface area (Å²) in [6.07, 6.45) is 0. The maximum absolute atomic E-state index is 12.3. The van der Waals surface area contributed by atoms with Crippen molar-refractivity contribution >= 4 is 28.4 Å². The summed E-state index contributed by atoms with van der Waals surface area (Å²) < 4.78 is 0. The summed E-state index contributed by atoms with van der Waals surface area (Å²) in [7, 11) is 0. The fourth-order valence-electron chi connectivity index (χ4n) is 2.64. The minimum Gasteiger partial charge on any atom is -0.872 e. The predicted octanol–water partition coefficient (Wildman–Crippen LogP) is 2.77. The predicted molar refractivity (Wildman–Crippen MR) is 96.5 cm³/mol. The smallest absolute Gasteiger partial charge is 0.336 e. The number of fused-ring (bicyclic) bond motifs is 1. The molecule has 1 amide bonds. The van der Waals surface area contributed by atoms with Crippen LogP contribution in [0.4, 0.5) is 0 Å². The fraction of sp³-hybridized carbons (Fsp3) is 0.0500. The van der Waals surface area contributed by atoms with Gasteiger partial charge >= 0.3 is 5.97 Å². The van der Waals surface area contributed by atoms with Crippen LogP contribution in [0.3, 0.4) is 0 Å². The molecule has 26 heavy (non-hydrogen) atoms. The van der Waals surface area contributed by atoms with E-state index in [-0.39, 0.29) is 11.1 Å². The highest BCUT2D eigenvalue weighted by atomic mass is 16.4. The van der Waals surface area contributed by atoms with E-state index in [9.17, 15) is 19.8 Å². The average Bonchev–Trinajstić information content (AvgIpc) is 2.65. The summed E-state index contributed by atoms with van der Waals surface area (Å²) in [5.74, 6) is -2.13. The highest BCUT2D eigenvalue weighted by Crippen LogP contribution is 2.23. The van der Waals surface area contributed by atoms with Gasteiger partial charge in [0.05, 0.1) is 11.3 Å². The van der Waals surface area contributed by atoms with Gasteiger partial charge in [0.1, 0.15) is 0 Å². The third-order valence-corrected chi connectivity index (χ3v) is 3.96. The molecule has 0 fully saturated rings. The van der Waals surface area contributed by atoms with Gasteiger partial charge in [0.15, 0.2) is 0 Å². The zero-order valence-corrected chi connectivity index (χ0v) is 13.9. The van der Waals surface area contributed by atoms with Crippen molar-refractivity contribution in [1.82, 2.24) is 5.43 Å². The Labute approximate surface area is 149 Å². The first-order valence-corrected chi connectivity index (χ1v) is 7.84. The maximum atomic E-state index is 12.3. The lowest BCUT2D eigenvalue weighted by Crippen LogP contribution is -2.21. The van der Waals surface area contributed by atoms with Gasteiger partial charge in [0.25, 0.3) is 5.91 Å². The molecule has 3 aromatic carbocycles. The lowest BCUT2D eigenvalue weighted by Gasteiger charge is -2.14. The van der Waals surface area contributed by atoms with Crippen molar-refractivity contribution in [2.75, 3.05) is 0 Å². The number of nitrogens with zero attached hydrogens (tertiary/aromatic N) is 1. The fourth-order valence-corrected chi connectivity index (χ4v) is 2.64. The van der Waals surface area contributed by atoms with Crippen LogP contribution >= 0.6 is 0 Å². The molecule has 0 unspecified atom stereocenters. The molecule has 6 heteroatoms. The molecule has 3 rings (SSSR count). The van der Waals surface area contributed by atoms with E-state index in [1.165, 1.54) is 18.2 Å². The van der Waals surface area contributed by atoms with E-state index in [2.05, 4.69) is 10.5 Å². The molecule has 0 bridgehead atoms. The van der Waals surface area contributed by atoms with Crippen LogP contribution in [0.1, 0.15) is 33.2 Å². The van der Waals surface area contributed by atoms with Gasteiger partial charge in [-0.3, -0.25) is 4.79 Å². The number of amides is 1. The van der Waals surface area contributed by atoms with Crippen molar-refractivity contribution < 1.29 is 19.8 Å². The number of carboxylic acid groups (broad SMARTS) is 1. The molecule has 0 spiro atoms. The van der Waals surface area contributed by atoms with Gasteiger partial charge in [0.2, 0.25) is 0 Å². The largest absolute Gasteiger partial charge is 0.872 e. The second kappa shape index (κ2) is 7.06. The molecule has 0 aliphatic carbocycles. The van der Waals surface area contributed by atoms with Gasteiger partial charge < -0.3 is 10.2 Å². The third kappa shape index (κ3) is 3.39. The molecule has 3 aromatic rings. The Bertz CT molecular complexity index is 1040. The summed E-state index contributed by atoms with van der Waals surface area (Å²) in [5, 5.41) is 26.8. The SMILES string of the molecule is C/C(=N/NC(=O)c1cc2ccccc2cc1[O-])c1ccccc1C(=O)O. The van der Waals surface area contributed by atoms with Crippen LogP contribution in [-0.4, -0.2) is 22.7 Å². The Kier molecular flexibility index (Phi) is 4.66. The number of hydrazone groups is 1. The molecule has 0 aliphatic rings. The summed E-state index contributed by atoms with van der Waals surface area (Å²) in [6, 6.07) is 16.5. The van der Waals surface area contributed by atoms with Crippen molar-refractivity contribution in [2.45, 2.75) is 6.92 Å². The van der Waals surface area contributed by atoms with Crippen LogP contribution in [-0.2, 0) is 0 Å². The summed E-state index contributed by atoms with van der Waals surface area (Å²) in [5.41, 5.74) is 3.10. The molecule has 0 atom stereocenters. The Morgan fingerprint density at radius 2 is 1.50 bits per heavy atom. The van der Waals surface area contributed by atoms with Gasteiger partial charge in [-0.05, 0) is 29.8 Å². The highest BCUT2D eigenvalue weighted by molar-refractivity contribution is 6.08. The number of carbonyl (C=O) groups excluding carboxylic acids is 1. The summed E-state index contributed by atoms with van der Waals surface area (Å²) in [4.78, 5) is 23.6. The van der Waals surface area contributed by atoms with Crippen LogP contribution in [0, 0.1) is 0 Å². The second-order valence-corrected chi connectivity index (χ2v) is 5.68. The van der Waals surface area contributed by atoms with Crippen molar-refractivity contribution in [2.24, 2.45) is 5.10 Å². The quantitative estimate of drug-likeness (QED) is 0.559. The molecular weight excluding hydrogens is 332 g/mol. The van der Waals surface area contributed by atoms with E-state index in [1.54, 1.807) is 31.2 Å². The molecule has 0 saturated heterocycles. The van der Waals surface area contributed by atoms with Crippen LogP contribution in [0.2, 0.25) is 0 Å². The van der Waals surface area contributed by atoms with E-state index in [1.807, 2.05) is 18.2 Å². The summed E-state index contributed by atoms with van der Waals surface area (Å²) >= 11 is 0. The van der Waals surface area contributed by atoms with E-state index in [4.69, 9.17) is 0 Å². The Morgan fingerprint density at radius 3 is 2.15 bits per heavy atom. The first kappa shape index (κ1) is 17.2. The number of aromatic carboxylic acids is 1. The lowest BCUT2D eigenvalue weighted by molar-refractivity contribution is -0.268. The number of hydrogen-bond acceptors (Lipinski definition) is 4. The average molecular weight is 347 g/mol. The number of carboxylic acids is 1. The monoisotopic (exact) mass is 347 g/mol. The topological polar surface area (TPSA) is 102 Å². The van der Waals surface area contributed by atoms with E-state index < -0.39 is 17.6 Å². The number of hydrogen-bond donors (Lipinski definition) is 2. The number of rotatable bonds is 4. The third-order valence-electron chi connectivity index (χ3n) is 3.96. The zero-order valence-electron chi connectivity index (χ0n) is 13.9. The number of benzene rings is 3. The standard InChI is InChI=1S/C20H16N2O4/c1-12(15-8-4-5-9-16(15)20(25)26)21-22-19(24)17-10-13-6-2-3-7-14(13)11-18(17)23/h2-11,23H,1H3,(H,22,24)(H,25,26)/p-1/b21-12-. The Hall–Kier alpha value is -3.67. The Morgan fingerprint density at radius 1 is 0.923 bits per heavy atom. The van der Waals surface area contributed by atoms with Gasteiger partial charge in [-0.1, -0.05) is 54.3 Å². The normalized spacial score (nSPS) is 11.3. The number of carbonyl (C=O) groups is 2. The molecule has 6 nitrogen and oxygen atoms in total. The molecular formula is C20H15N2O4-. The van der Waals surface area contributed by atoms with Crippen LogP contribution in [0.5, 0.6) is 5.75 Å². The minimum atomic E-state index is -1.09. The molecule has 130 valence electrons. The molecule has 0 heterocycles. The molecule has 2 N–H and O–H groups in total. The van der Waals surface area contributed by atoms with Crippen LogP contribution in [0.15, 0.2) is 65.8 Å². The van der Waals surface area contributed by atoms with Crippen molar-refractivity contribution in [3.63, 3.8) is 0 Å². The maximum Gasteiger partial charge on any atom is 0.336 e. The Balaban J connectivity index is 1.88. The van der Waals surface area contributed by atoms with E-state index in [0.29, 0.717) is 11.3 Å². The molecule has 0 aromatic heterocycles. The minimum absolute atomic E-state index is 0.0215. The van der Waals surface area contributed by atoms with Gasteiger partial charge in [-0.15, -0.1) is 0 Å². The lowest BCUT2D eigenvalue weighted by atomic mass is 10.0. The molecule has 0 saturated carbocycles. The molecule has 0 aliphatic heterocycles. The highest BCUT2D eigenvalue weighted by Gasteiger charge is 2.12. The van der Waals surface area contributed by atoms with Gasteiger partial charge in [-0.2, -0.15) is 5.10 Å². The molecule has 0 radical (unpaired) electrons. The second-order valence-electron chi connectivity index (χ2n) is 5.68. The summed E-state index contributed by atoms with van der Waals surface area (Å²) in [6.45, 7) is 1.58. The van der Waals surface area contributed by atoms with E-state index in [0.717, 1.165) is 10.8 Å². The zero-order chi connectivity index (χ0) is 18.7. The van der Waals surface area contributed by atoms with E-state index >= 15 is 0 Å². The van der Waals surface area contributed by atoms with Crippen molar-refractivity contribution in [3.05, 3.63) is 77.4 Å².